The second kappa shape index (κ2) is 33.7. The summed E-state index contributed by atoms with van der Waals surface area (Å²) >= 11 is -1.28. The van der Waals surface area contributed by atoms with Crippen LogP contribution >= 0.6 is 54.4 Å². The van der Waals surface area contributed by atoms with Gasteiger partial charge in [-0.1, -0.05) is 109 Å². The van der Waals surface area contributed by atoms with Gasteiger partial charge in [-0.05, 0) is 86.6 Å². The first-order valence-corrected chi connectivity index (χ1v) is 31.3. The number of aliphatic hydroxyl groups is 4. The number of rotatable bonds is 6. The maximum atomic E-state index is 7.61. The fourth-order valence-corrected chi connectivity index (χ4v) is 9.78. The zero-order valence-corrected chi connectivity index (χ0v) is 39.1. The quantitative estimate of drug-likeness (QED) is 0.107. The van der Waals surface area contributed by atoms with Gasteiger partial charge in [0.1, 0.15) is 44.4 Å². The van der Waals surface area contributed by atoms with E-state index in [-0.39, 0.29) is 5.48 Å². The van der Waals surface area contributed by atoms with Gasteiger partial charge in [-0.25, -0.2) is 0 Å². The summed E-state index contributed by atoms with van der Waals surface area (Å²) in [5.41, 5.74) is 0. The summed E-state index contributed by atoms with van der Waals surface area (Å²) in [6.07, 6.45) is -2.33. The Balaban J connectivity index is 0.000000748. The molecule has 0 fully saturated rings. The molecule has 0 aromatic heterocycles. The van der Waals surface area contributed by atoms with E-state index in [4.69, 9.17) is 59.0 Å². The molecule has 288 valence electrons. The van der Waals surface area contributed by atoms with E-state index in [1.54, 1.807) is 0 Å². The molecule has 0 aliphatic heterocycles. The van der Waals surface area contributed by atoms with E-state index < -0.39 is 59.2 Å². The van der Waals surface area contributed by atoms with Crippen LogP contribution in [0, 0.1) is 0 Å². The van der Waals surface area contributed by atoms with Crippen molar-refractivity contribution in [2.75, 3.05) is 0 Å². The topological polar surface area (TPSA) is 112 Å². The first-order valence-electron chi connectivity index (χ1n) is 15.7. The zero-order chi connectivity index (χ0) is 38.4. The van der Waals surface area contributed by atoms with Gasteiger partial charge >= 0.3 is 69.4 Å². The Morgan fingerprint density at radius 2 is 0.434 bits per heavy atom. The standard InChI is InChI=1S/2C18H15P.2C2H6O2.4ClH.H2O.2Os/c2*1-4-10-16(11-5-1)19(17-12-6-2-7-13-17)18-14-8-3-9-15-18;2*1-2(3)4;;;;;;;/h2*1-15H;2*2-4H,1H3;4*1H;1H2;;/q;;;;;;;;;2*+2/p-2. The summed E-state index contributed by atoms with van der Waals surface area (Å²) in [5.74, 6) is 0. The van der Waals surface area contributed by atoms with E-state index in [1.165, 1.54) is 45.7 Å². The summed E-state index contributed by atoms with van der Waals surface area (Å²) in [7, 11) is 17.9. The third-order valence-corrected chi connectivity index (χ3v) is 11.8. The fraction of sp³-hybridized carbons (Fsp3) is 0.100. The van der Waals surface area contributed by atoms with Crippen molar-refractivity contribution in [3.8, 4) is 0 Å². The molecule has 0 atom stereocenters. The predicted molar refractivity (Wildman–Crippen MR) is 228 cm³/mol. The molecular weight excluding hydrogens is 1140 g/mol. The molecule has 53 heavy (non-hydrogen) atoms. The molecule has 0 unspecified atom stereocenters. The third kappa shape index (κ3) is 23.8. The molecule has 0 amide bonds. The number of benzene rings is 6. The molecule has 0 saturated heterocycles. The molecule has 0 aliphatic carbocycles. The number of hydrogen-bond donors (Lipinski definition) is 4. The van der Waals surface area contributed by atoms with Gasteiger partial charge in [0.15, 0.2) is 0 Å². The van der Waals surface area contributed by atoms with Crippen molar-refractivity contribution < 1.29 is 56.7 Å². The second-order valence-electron chi connectivity index (χ2n) is 10.3. The SMILES string of the molecule is CC(O)O.CC(O)O.O.[Cl][Os][Cl].[Cl][Os][Cl].c1ccc([PH+](c2ccccc2)c2ccccc2)cc1.c1ccc([PH+](c2ccccc2)c2ccccc2)cc1. The minimum atomic E-state index is -1.17. The molecule has 0 heterocycles. The van der Waals surface area contributed by atoms with Crippen molar-refractivity contribution in [1.82, 2.24) is 0 Å². The summed E-state index contributed by atoms with van der Waals surface area (Å²) < 4.78 is 0. The summed E-state index contributed by atoms with van der Waals surface area (Å²) in [6, 6.07) is 65.0. The van der Waals surface area contributed by atoms with E-state index in [1.807, 2.05) is 0 Å². The Labute approximate surface area is 348 Å². The van der Waals surface area contributed by atoms with Crippen LogP contribution in [0.2, 0.25) is 0 Å². The maximum Gasteiger partial charge on any atom is 0.102 e. The fourth-order valence-electron chi connectivity index (χ4n) is 4.63. The third-order valence-electron chi connectivity index (χ3n) is 6.37. The van der Waals surface area contributed by atoms with Crippen LogP contribution in [-0.4, -0.2) is 38.5 Å². The van der Waals surface area contributed by atoms with E-state index in [2.05, 4.69) is 182 Å². The molecule has 0 saturated carbocycles. The molecule has 6 rings (SSSR count). The van der Waals surface area contributed by atoms with Crippen LogP contribution in [0.3, 0.4) is 0 Å². The first-order chi connectivity index (χ1) is 25.2. The van der Waals surface area contributed by atoms with Gasteiger partial charge in [-0.15, -0.1) is 0 Å². The van der Waals surface area contributed by atoms with Crippen LogP contribution < -0.4 is 31.8 Å². The predicted octanol–water partition coefficient (Wildman–Crippen LogP) is 6.92. The second-order valence-corrected chi connectivity index (χ2v) is 22.6. The minimum Gasteiger partial charge on any atom is -0.0620 e. The van der Waals surface area contributed by atoms with Crippen molar-refractivity contribution in [1.29, 1.82) is 0 Å². The van der Waals surface area contributed by atoms with Gasteiger partial charge in [0, 0.05) is 0 Å². The molecule has 0 spiro atoms. The van der Waals surface area contributed by atoms with Gasteiger partial charge < -0.3 is 25.9 Å². The minimum absolute atomic E-state index is 0. The average molecular weight is 1190 g/mol. The molecule has 0 bridgehead atoms. The molecule has 0 aliphatic rings. The van der Waals surface area contributed by atoms with Crippen molar-refractivity contribution in [2.45, 2.75) is 26.4 Å². The van der Waals surface area contributed by atoms with Gasteiger partial charge in [0.05, 0.1) is 15.8 Å². The van der Waals surface area contributed by atoms with Crippen LogP contribution in [0.15, 0.2) is 182 Å². The molecular formula is C40H46Cl4O5Os2P2+2. The van der Waals surface area contributed by atoms with Gasteiger partial charge in [0.2, 0.25) is 0 Å². The number of halogens is 4. The van der Waals surface area contributed by atoms with E-state index in [0.717, 1.165) is 0 Å². The van der Waals surface area contributed by atoms with Crippen LogP contribution in [0.1, 0.15) is 13.8 Å². The summed E-state index contributed by atoms with van der Waals surface area (Å²) in [6.45, 7) is 2.56. The summed E-state index contributed by atoms with van der Waals surface area (Å²) in [4.78, 5) is 0. The molecule has 5 nitrogen and oxygen atoms in total. The van der Waals surface area contributed by atoms with Crippen LogP contribution in [0.5, 0.6) is 0 Å². The molecule has 13 heteroatoms. The Bertz CT molecular complexity index is 1340. The van der Waals surface area contributed by atoms with Gasteiger partial charge in [-0.2, -0.15) is 0 Å². The van der Waals surface area contributed by atoms with E-state index in [0.29, 0.717) is 0 Å². The van der Waals surface area contributed by atoms with Crippen molar-refractivity contribution in [2.24, 2.45) is 0 Å². The van der Waals surface area contributed by atoms with Crippen LogP contribution in [-0.2, 0) is 30.8 Å². The Hall–Kier alpha value is -1.59. The molecule has 6 aromatic rings. The Kier molecular flexibility index (Phi) is 32.7. The molecule has 0 radical (unpaired) electrons. The van der Waals surface area contributed by atoms with Crippen molar-refractivity contribution in [3.63, 3.8) is 0 Å². The zero-order valence-electron chi connectivity index (χ0n) is 29.0. The van der Waals surface area contributed by atoms with E-state index >= 15 is 0 Å². The normalized spacial score (nSPS) is 9.77. The monoisotopic (exact) mass is 1190 g/mol. The van der Waals surface area contributed by atoms with Crippen molar-refractivity contribution in [3.05, 3.63) is 182 Å². The van der Waals surface area contributed by atoms with Gasteiger partial charge in [0.25, 0.3) is 0 Å². The number of aliphatic hydroxyl groups excluding tert-OH is 2. The average Bonchev–Trinajstić information content (AvgIpc) is 3.15. The van der Waals surface area contributed by atoms with Gasteiger partial charge in [-0.3, -0.25) is 0 Å². The number of hydrogen-bond acceptors (Lipinski definition) is 4. The molecule has 6 N–H and O–H groups in total. The van der Waals surface area contributed by atoms with Crippen LogP contribution in [0.25, 0.3) is 0 Å². The smallest absolute Gasteiger partial charge is 0.0620 e. The first kappa shape index (κ1) is 51.4. The summed E-state index contributed by atoms with van der Waals surface area (Å²) in [5, 5.41) is 39.1. The Morgan fingerprint density at radius 1 is 0.340 bits per heavy atom. The molecule has 6 aromatic carbocycles. The van der Waals surface area contributed by atoms with Crippen LogP contribution in [0.4, 0.5) is 0 Å². The van der Waals surface area contributed by atoms with E-state index in [9.17, 15) is 0 Å². The Morgan fingerprint density at radius 3 is 0.528 bits per heavy atom. The van der Waals surface area contributed by atoms with Crippen molar-refractivity contribution >= 4 is 86.2 Å². The largest absolute Gasteiger partial charge is 0.102 e. The maximum absolute atomic E-state index is 7.61.